The van der Waals surface area contributed by atoms with E-state index in [0.717, 1.165) is 27.5 Å². The lowest BCUT2D eigenvalue weighted by Gasteiger charge is -2.26. The van der Waals surface area contributed by atoms with Gasteiger partial charge in [0.15, 0.2) is 0 Å². The van der Waals surface area contributed by atoms with E-state index in [9.17, 15) is 18.8 Å². The maximum atomic E-state index is 13.0. The number of rotatable bonds is 2. The summed E-state index contributed by atoms with van der Waals surface area (Å²) in [7, 11) is 0. The quantitative estimate of drug-likeness (QED) is 0.680. The van der Waals surface area contributed by atoms with Gasteiger partial charge in [-0.25, -0.2) is 14.1 Å². The number of aryl methyl sites for hydroxylation is 1. The first kappa shape index (κ1) is 15.1. The molecule has 0 bridgehead atoms. The zero-order chi connectivity index (χ0) is 16.6. The number of nitrogens with one attached hydrogen (secondary N) is 1. The molecule has 3 rings (SSSR count). The topological polar surface area (TPSA) is 66.5 Å². The number of nitrogens with zero attached hydrogens (tertiary/aromatic N) is 1. The van der Waals surface area contributed by atoms with Gasteiger partial charge in [-0.3, -0.25) is 14.9 Å². The average Bonchev–Trinajstić information content (AvgIpc) is 2.90. The highest BCUT2D eigenvalue weighted by Gasteiger charge is 2.36. The number of amides is 4. The molecule has 4 amide bonds. The Balaban J connectivity index is 2.02. The number of halogens is 1. The molecule has 0 saturated carbocycles. The molecule has 7 heteroatoms. The van der Waals surface area contributed by atoms with Crippen LogP contribution in [0.5, 0.6) is 0 Å². The van der Waals surface area contributed by atoms with E-state index in [1.807, 2.05) is 18.4 Å². The van der Waals surface area contributed by atoms with Crippen LogP contribution in [0.1, 0.15) is 10.4 Å². The second-order valence-corrected chi connectivity index (χ2v) is 5.85. The molecule has 1 saturated heterocycles. The van der Waals surface area contributed by atoms with Gasteiger partial charge in [-0.15, -0.1) is 11.3 Å². The standard InChI is InChI=1S/C16H11FN2O3S/c1-9-6-7-23-13(9)8-12-14(20)18-16(22)19(15(12)21)11-4-2-10(17)3-5-11/h2-8H,1H3,(H,18,20,22). The normalized spacial score (nSPS) is 16.9. The number of hydrogen-bond acceptors (Lipinski definition) is 4. The Morgan fingerprint density at radius 2 is 1.83 bits per heavy atom. The van der Waals surface area contributed by atoms with Crippen LogP contribution in [0.4, 0.5) is 14.9 Å². The lowest BCUT2D eigenvalue weighted by atomic mass is 10.1. The number of urea groups is 1. The minimum Gasteiger partial charge on any atom is -0.273 e. The number of carbonyl (C=O) groups excluding carboxylic acids is 3. The second-order valence-electron chi connectivity index (χ2n) is 4.90. The maximum absolute atomic E-state index is 13.0. The summed E-state index contributed by atoms with van der Waals surface area (Å²) in [6.45, 7) is 1.86. The lowest BCUT2D eigenvalue weighted by molar-refractivity contribution is -0.122. The Labute approximate surface area is 135 Å². The van der Waals surface area contributed by atoms with Crippen molar-refractivity contribution in [1.29, 1.82) is 0 Å². The number of benzene rings is 1. The van der Waals surface area contributed by atoms with Crippen LogP contribution in [0, 0.1) is 12.7 Å². The van der Waals surface area contributed by atoms with Gasteiger partial charge in [-0.2, -0.15) is 0 Å². The van der Waals surface area contributed by atoms with Crippen LogP contribution in [0.3, 0.4) is 0 Å². The first-order valence-electron chi connectivity index (χ1n) is 6.68. The fraction of sp³-hybridized carbons (Fsp3) is 0.0625. The summed E-state index contributed by atoms with van der Waals surface area (Å²) in [5.41, 5.74) is 0.975. The lowest BCUT2D eigenvalue weighted by Crippen LogP contribution is -2.54. The Morgan fingerprint density at radius 3 is 2.43 bits per heavy atom. The molecule has 1 aliphatic rings. The van der Waals surface area contributed by atoms with E-state index >= 15 is 0 Å². The Kier molecular flexibility index (Phi) is 3.79. The van der Waals surface area contributed by atoms with Crippen LogP contribution in [0.15, 0.2) is 41.3 Å². The molecular formula is C16H11FN2O3S. The van der Waals surface area contributed by atoms with E-state index in [1.54, 1.807) is 0 Å². The number of thiophene rings is 1. The van der Waals surface area contributed by atoms with E-state index in [2.05, 4.69) is 5.32 Å². The third kappa shape index (κ3) is 2.78. The van der Waals surface area contributed by atoms with Crippen molar-refractivity contribution in [3.63, 3.8) is 0 Å². The van der Waals surface area contributed by atoms with Gasteiger partial charge in [0.25, 0.3) is 11.8 Å². The SMILES string of the molecule is Cc1ccsc1C=C1C(=O)NC(=O)N(c2ccc(F)cc2)C1=O. The van der Waals surface area contributed by atoms with Crippen molar-refractivity contribution in [3.05, 3.63) is 57.5 Å². The van der Waals surface area contributed by atoms with Gasteiger partial charge in [-0.1, -0.05) is 0 Å². The van der Waals surface area contributed by atoms with Gasteiger partial charge in [0.2, 0.25) is 0 Å². The highest BCUT2D eigenvalue weighted by atomic mass is 32.1. The molecule has 2 heterocycles. The third-order valence-electron chi connectivity index (χ3n) is 3.36. The highest BCUT2D eigenvalue weighted by Crippen LogP contribution is 2.24. The van der Waals surface area contributed by atoms with Crippen molar-refractivity contribution in [3.8, 4) is 0 Å². The second kappa shape index (κ2) is 5.77. The predicted molar refractivity (Wildman–Crippen MR) is 84.5 cm³/mol. The number of barbiturate groups is 1. The van der Waals surface area contributed by atoms with Gasteiger partial charge in [0.1, 0.15) is 11.4 Å². The summed E-state index contributed by atoms with van der Waals surface area (Å²) < 4.78 is 13.0. The zero-order valence-electron chi connectivity index (χ0n) is 12.0. The summed E-state index contributed by atoms with van der Waals surface area (Å²) in [6, 6.07) is 5.89. The summed E-state index contributed by atoms with van der Waals surface area (Å²) in [5.74, 6) is -1.97. The van der Waals surface area contributed by atoms with E-state index in [4.69, 9.17) is 0 Å². The van der Waals surface area contributed by atoms with Gasteiger partial charge >= 0.3 is 6.03 Å². The number of imide groups is 2. The summed E-state index contributed by atoms with van der Waals surface area (Å²) in [4.78, 5) is 38.1. The van der Waals surface area contributed by atoms with Crippen molar-refractivity contribution >= 4 is 40.9 Å². The van der Waals surface area contributed by atoms with Crippen molar-refractivity contribution in [1.82, 2.24) is 5.32 Å². The Morgan fingerprint density at radius 1 is 1.13 bits per heavy atom. The molecule has 5 nitrogen and oxygen atoms in total. The molecule has 1 aliphatic heterocycles. The molecular weight excluding hydrogens is 319 g/mol. The van der Waals surface area contributed by atoms with Crippen LogP contribution >= 0.6 is 11.3 Å². The molecule has 116 valence electrons. The molecule has 0 unspecified atom stereocenters. The molecule has 1 N–H and O–H groups in total. The maximum Gasteiger partial charge on any atom is 0.335 e. The minimum atomic E-state index is -0.855. The Bertz CT molecular complexity index is 839. The van der Waals surface area contributed by atoms with Crippen molar-refractivity contribution in [2.75, 3.05) is 4.90 Å². The molecule has 0 aliphatic carbocycles. The van der Waals surface area contributed by atoms with Gasteiger partial charge < -0.3 is 0 Å². The van der Waals surface area contributed by atoms with Crippen molar-refractivity contribution in [2.45, 2.75) is 6.92 Å². The molecule has 1 aromatic carbocycles. The largest absolute Gasteiger partial charge is 0.335 e. The van der Waals surface area contributed by atoms with Crippen LogP contribution in [-0.2, 0) is 9.59 Å². The van der Waals surface area contributed by atoms with E-state index in [0.29, 0.717) is 0 Å². The summed E-state index contributed by atoms with van der Waals surface area (Å²) >= 11 is 1.39. The van der Waals surface area contributed by atoms with Gasteiger partial charge in [0, 0.05) is 4.88 Å². The van der Waals surface area contributed by atoms with E-state index in [1.165, 1.54) is 29.5 Å². The van der Waals surface area contributed by atoms with E-state index < -0.39 is 23.7 Å². The van der Waals surface area contributed by atoms with Crippen molar-refractivity contribution < 1.29 is 18.8 Å². The number of carbonyl (C=O) groups is 3. The molecule has 1 aromatic heterocycles. The van der Waals surface area contributed by atoms with Gasteiger partial charge in [0.05, 0.1) is 5.69 Å². The smallest absolute Gasteiger partial charge is 0.273 e. The fourth-order valence-corrected chi connectivity index (χ4v) is 3.00. The average molecular weight is 330 g/mol. The summed E-state index contributed by atoms with van der Waals surface area (Å²) in [6.07, 6.45) is 1.46. The minimum absolute atomic E-state index is 0.139. The zero-order valence-corrected chi connectivity index (χ0v) is 12.8. The number of anilines is 1. The third-order valence-corrected chi connectivity index (χ3v) is 4.33. The van der Waals surface area contributed by atoms with Crippen molar-refractivity contribution in [2.24, 2.45) is 0 Å². The molecule has 0 spiro atoms. The Hall–Kier alpha value is -2.80. The van der Waals surface area contributed by atoms with Crippen LogP contribution in [-0.4, -0.2) is 17.8 Å². The molecule has 2 aromatic rings. The molecule has 0 atom stereocenters. The van der Waals surface area contributed by atoms with Gasteiger partial charge in [-0.05, 0) is 54.3 Å². The molecule has 23 heavy (non-hydrogen) atoms. The molecule has 1 fully saturated rings. The van der Waals surface area contributed by atoms with Crippen LogP contribution < -0.4 is 10.2 Å². The highest BCUT2D eigenvalue weighted by molar-refractivity contribution is 7.11. The van der Waals surface area contributed by atoms with Crippen LogP contribution in [0.25, 0.3) is 6.08 Å². The predicted octanol–water partition coefficient (Wildman–Crippen LogP) is 2.86. The first-order chi connectivity index (χ1) is 11.0. The summed E-state index contributed by atoms with van der Waals surface area (Å²) in [5, 5.41) is 3.97. The van der Waals surface area contributed by atoms with Crippen LogP contribution in [0.2, 0.25) is 0 Å². The van der Waals surface area contributed by atoms with E-state index in [-0.39, 0.29) is 11.3 Å². The monoisotopic (exact) mass is 330 g/mol. The molecule has 0 radical (unpaired) electrons. The first-order valence-corrected chi connectivity index (χ1v) is 7.56. The number of hydrogen-bond donors (Lipinski definition) is 1. The fourth-order valence-electron chi connectivity index (χ4n) is 2.15.